The van der Waals surface area contributed by atoms with Crippen LogP contribution >= 0.6 is 11.8 Å². The third-order valence-corrected chi connectivity index (χ3v) is 9.62. The lowest BCUT2D eigenvalue weighted by Crippen LogP contribution is -2.56. The lowest BCUT2D eigenvalue weighted by Gasteiger charge is -2.44. The van der Waals surface area contributed by atoms with Gasteiger partial charge in [0.25, 0.3) is 5.91 Å². The molecule has 3 aliphatic heterocycles. The molecule has 0 aliphatic carbocycles. The highest BCUT2D eigenvalue weighted by molar-refractivity contribution is 8.02. The van der Waals surface area contributed by atoms with Gasteiger partial charge in [-0.05, 0) is 68.1 Å². The Morgan fingerprint density at radius 2 is 1.60 bits per heavy atom. The van der Waals surface area contributed by atoms with Crippen LogP contribution in [0.4, 0.5) is 11.4 Å². The van der Waals surface area contributed by atoms with Crippen molar-refractivity contribution in [3.63, 3.8) is 0 Å². The zero-order valence-electron chi connectivity index (χ0n) is 24.3. The summed E-state index contributed by atoms with van der Waals surface area (Å²) in [7, 11) is 4.44. The number of rotatable bonds is 6. The van der Waals surface area contributed by atoms with Gasteiger partial charge in [0.05, 0.1) is 38.3 Å². The molecule has 3 aliphatic rings. The van der Waals surface area contributed by atoms with Crippen LogP contribution in [0, 0.1) is 0 Å². The van der Waals surface area contributed by atoms with E-state index in [-0.39, 0.29) is 34.8 Å². The molecule has 1 fully saturated rings. The number of thioether (sulfide) groups is 1. The summed E-state index contributed by atoms with van der Waals surface area (Å²) in [5, 5.41) is 0. The van der Waals surface area contributed by atoms with Crippen LogP contribution in [0.1, 0.15) is 54.6 Å². The summed E-state index contributed by atoms with van der Waals surface area (Å²) in [5.74, 6) is 0.564. The van der Waals surface area contributed by atoms with Gasteiger partial charge in [-0.1, -0.05) is 25.1 Å². The Morgan fingerprint density at radius 1 is 0.929 bits per heavy atom. The van der Waals surface area contributed by atoms with Gasteiger partial charge in [0.15, 0.2) is 11.5 Å². The zero-order chi connectivity index (χ0) is 30.0. The lowest BCUT2D eigenvalue weighted by atomic mass is 9.80. The molecule has 3 heterocycles. The smallest absolute Gasteiger partial charge is 0.343 e. The molecule has 0 N–H and O–H groups in total. The molecule has 1 saturated heterocycles. The molecule has 218 valence electrons. The Kier molecular flexibility index (Phi) is 6.64. The van der Waals surface area contributed by atoms with E-state index in [4.69, 9.17) is 18.9 Å². The van der Waals surface area contributed by atoms with Gasteiger partial charge in [0, 0.05) is 16.8 Å². The molecule has 0 radical (unpaired) electrons. The fourth-order valence-electron chi connectivity index (χ4n) is 6.56. The fourth-order valence-corrected chi connectivity index (χ4v) is 7.89. The average Bonchev–Trinajstić information content (AvgIpc) is 3.45. The first-order chi connectivity index (χ1) is 20.1. The number of carbonyl (C=O) groups is 3. The predicted octanol–water partition coefficient (Wildman–Crippen LogP) is 5.50. The number of hydrogen-bond acceptors (Lipinski definition) is 8. The van der Waals surface area contributed by atoms with Crippen LogP contribution in [-0.4, -0.2) is 50.4 Å². The van der Waals surface area contributed by atoms with E-state index in [1.54, 1.807) is 11.0 Å². The van der Waals surface area contributed by atoms with Crippen molar-refractivity contribution in [2.45, 2.75) is 43.5 Å². The second-order valence-corrected chi connectivity index (χ2v) is 12.4. The molecule has 9 nitrogen and oxygen atoms in total. The summed E-state index contributed by atoms with van der Waals surface area (Å²) >= 11 is 1.31. The molecule has 0 bridgehead atoms. The molecule has 2 amide bonds. The monoisotopic (exact) mass is 588 g/mol. The quantitative estimate of drug-likeness (QED) is 0.275. The molecule has 3 aromatic carbocycles. The standard InChI is InChI=1S/C32H32N2O7S/c1-18-16-31(2,3)34-27-22(18)14-21(41-29(36)19-12-24(38-4)28(40-6)25(13-19)39-5)15-23(27)32(30(34)37)33(26(35)17-42-32)20-10-8-7-9-11-20/h7-15,18H,16-17H2,1-6H3/t18-,32+/m0/s1. The van der Waals surface area contributed by atoms with Crippen molar-refractivity contribution in [3.8, 4) is 23.0 Å². The summed E-state index contributed by atoms with van der Waals surface area (Å²) in [4.78, 5) is 43.7. The average molecular weight is 589 g/mol. The Balaban J connectivity index is 1.50. The van der Waals surface area contributed by atoms with E-state index in [0.717, 1.165) is 11.3 Å². The number of hydrogen-bond donors (Lipinski definition) is 0. The second kappa shape index (κ2) is 9.97. The number of anilines is 2. The molecule has 3 aromatic rings. The highest BCUT2D eigenvalue weighted by atomic mass is 32.2. The summed E-state index contributed by atoms with van der Waals surface area (Å²) < 4.78 is 22.2. The van der Waals surface area contributed by atoms with E-state index in [0.29, 0.717) is 34.9 Å². The minimum atomic E-state index is -1.32. The van der Waals surface area contributed by atoms with Crippen molar-refractivity contribution in [3.05, 3.63) is 71.3 Å². The number of para-hydroxylation sites is 1. The van der Waals surface area contributed by atoms with Crippen molar-refractivity contribution >= 4 is 40.9 Å². The van der Waals surface area contributed by atoms with Gasteiger partial charge in [0.1, 0.15) is 5.75 Å². The topological polar surface area (TPSA) is 94.6 Å². The Bertz CT molecular complexity index is 1600. The van der Waals surface area contributed by atoms with Gasteiger partial charge in [-0.25, -0.2) is 4.79 Å². The summed E-state index contributed by atoms with van der Waals surface area (Å²) in [6.07, 6.45) is 0.704. The van der Waals surface area contributed by atoms with Crippen molar-refractivity contribution < 1.29 is 33.3 Å². The van der Waals surface area contributed by atoms with Gasteiger partial charge < -0.3 is 23.8 Å². The molecular weight excluding hydrogens is 556 g/mol. The van der Waals surface area contributed by atoms with Gasteiger partial charge in [-0.15, -0.1) is 11.8 Å². The van der Waals surface area contributed by atoms with Crippen LogP contribution in [0.15, 0.2) is 54.6 Å². The first-order valence-electron chi connectivity index (χ1n) is 13.6. The van der Waals surface area contributed by atoms with Gasteiger partial charge in [-0.2, -0.15) is 0 Å². The zero-order valence-corrected chi connectivity index (χ0v) is 25.2. The highest BCUT2D eigenvalue weighted by Gasteiger charge is 2.64. The van der Waals surface area contributed by atoms with Crippen molar-refractivity contribution in [2.75, 3.05) is 36.9 Å². The maximum absolute atomic E-state index is 14.6. The van der Waals surface area contributed by atoms with Crippen molar-refractivity contribution in [2.24, 2.45) is 0 Å². The van der Waals surface area contributed by atoms with E-state index in [2.05, 4.69) is 20.8 Å². The molecule has 6 rings (SSSR count). The number of fused-ring (bicyclic) bond motifs is 1. The van der Waals surface area contributed by atoms with Gasteiger partial charge in [0.2, 0.25) is 16.5 Å². The van der Waals surface area contributed by atoms with E-state index in [1.165, 1.54) is 45.2 Å². The predicted molar refractivity (Wildman–Crippen MR) is 160 cm³/mol. The Hall–Kier alpha value is -4.18. The number of nitrogens with zero attached hydrogens (tertiary/aromatic N) is 2. The highest BCUT2D eigenvalue weighted by Crippen LogP contribution is 2.62. The van der Waals surface area contributed by atoms with Crippen LogP contribution in [0.2, 0.25) is 0 Å². The summed E-state index contributed by atoms with van der Waals surface area (Å²) in [5.41, 5.74) is 2.70. The number of benzene rings is 3. The molecular formula is C32H32N2O7S. The number of ether oxygens (including phenoxy) is 4. The molecule has 0 unspecified atom stereocenters. The Labute approximate surface area is 248 Å². The largest absolute Gasteiger partial charge is 0.493 e. The molecule has 1 spiro atoms. The molecule has 0 aromatic heterocycles. The van der Waals surface area contributed by atoms with Crippen LogP contribution in [-0.2, 0) is 14.5 Å². The summed E-state index contributed by atoms with van der Waals surface area (Å²) in [6.45, 7) is 6.22. The van der Waals surface area contributed by atoms with Crippen molar-refractivity contribution in [1.29, 1.82) is 0 Å². The molecule has 10 heteroatoms. The number of amides is 2. The Morgan fingerprint density at radius 3 is 2.21 bits per heavy atom. The normalized spacial score (nSPS) is 21.9. The minimum Gasteiger partial charge on any atom is -0.493 e. The SMILES string of the molecule is COc1cc(C(=O)Oc2cc3c4c(c2)[C@@]2(SCC(=O)N2c2ccccc2)C(=O)N4C(C)(C)C[C@@H]3C)cc(OC)c1OC. The van der Waals surface area contributed by atoms with Crippen LogP contribution < -0.4 is 28.7 Å². The van der Waals surface area contributed by atoms with E-state index >= 15 is 0 Å². The fraction of sp³-hybridized carbons (Fsp3) is 0.344. The van der Waals surface area contributed by atoms with Crippen LogP contribution in [0.3, 0.4) is 0 Å². The maximum atomic E-state index is 14.6. The van der Waals surface area contributed by atoms with Crippen LogP contribution in [0.5, 0.6) is 23.0 Å². The first kappa shape index (κ1) is 28.0. The van der Waals surface area contributed by atoms with E-state index < -0.39 is 16.4 Å². The van der Waals surface area contributed by atoms with E-state index in [1.807, 2.05) is 41.3 Å². The van der Waals surface area contributed by atoms with Gasteiger partial charge >= 0.3 is 5.97 Å². The maximum Gasteiger partial charge on any atom is 0.343 e. The number of methoxy groups -OCH3 is 3. The van der Waals surface area contributed by atoms with E-state index in [9.17, 15) is 14.4 Å². The van der Waals surface area contributed by atoms with Crippen LogP contribution in [0.25, 0.3) is 0 Å². The third kappa shape index (κ3) is 3.95. The summed E-state index contributed by atoms with van der Waals surface area (Å²) in [6, 6.07) is 15.9. The third-order valence-electron chi connectivity index (χ3n) is 8.23. The lowest BCUT2D eigenvalue weighted by molar-refractivity contribution is -0.124. The molecule has 0 saturated carbocycles. The number of carbonyl (C=O) groups excluding carboxylic acids is 3. The first-order valence-corrected chi connectivity index (χ1v) is 14.6. The van der Waals surface area contributed by atoms with Gasteiger partial charge in [-0.3, -0.25) is 14.5 Å². The molecule has 42 heavy (non-hydrogen) atoms. The molecule has 2 atom stereocenters. The minimum absolute atomic E-state index is 0.0695. The van der Waals surface area contributed by atoms with Crippen molar-refractivity contribution in [1.82, 2.24) is 0 Å². The number of esters is 1. The second-order valence-electron chi connectivity index (χ2n) is 11.3.